The van der Waals surface area contributed by atoms with Gasteiger partial charge in [-0.15, -0.1) is 0 Å². The van der Waals surface area contributed by atoms with Crippen LogP contribution in [0.4, 0.5) is 0 Å². The molecule has 0 N–H and O–H groups in total. The van der Waals surface area contributed by atoms with E-state index < -0.39 is 7.38 Å². The fourth-order valence-corrected chi connectivity index (χ4v) is 3.55. The highest BCUT2D eigenvalue weighted by Gasteiger charge is 2.22. The van der Waals surface area contributed by atoms with Gasteiger partial charge in [-0.2, -0.15) is 11.1 Å². The molecule has 3 heteroatoms. The van der Waals surface area contributed by atoms with E-state index in [2.05, 4.69) is 56.4 Å². The van der Waals surface area contributed by atoms with Gasteiger partial charge >= 0.3 is 0 Å². The van der Waals surface area contributed by atoms with Gasteiger partial charge in [0.15, 0.2) is 7.38 Å². The van der Waals surface area contributed by atoms with Gasteiger partial charge in [-0.1, -0.05) is 37.4 Å². The Labute approximate surface area is 92.4 Å². The summed E-state index contributed by atoms with van der Waals surface area (Å²) in [7, 11) is 2.47. The van der Waals surface area contributed by atoms with E-state index in [9.17, 15) is 0 Å². The van der Waals surface area contributed by atoms with E-state index in [1.54, 1.807) is 0 Å². The molecule has 0 aromatic heterocycles. The minimum Gasteiger partial charge on any atom is -0.305 e. The lowest BCUT2D eigenvalue weighted by molar-refractivity contribution is 0.403. The first-order valence-electron chi connectivity index (χ1n) is 4.83. The smallest absolute Gasteiger partial charge is 0.181 e. The third-order valence-corrected chi connectivity index (χ3v) is 4.52. The van der Waals surface area contributed by atoms with Crippen molar-refractivity contribution in [2.24, 2.45) is 0 Å². The summed E-state index contributed by atoms with van der Waals surface area (Å²) in [4.78, 5) is 2.18. The molecule has 78 valence electrons. The second kappa shape index (κ2) is 4.47. The van der Waals surface area contributed by atoms with Crippen LogP contribution >= 0.6 is 11.1 Å². The molecule has 1 aromatic rings. The molecule has 0 saturated carbocycles. The van der Waals surface area contributed by atoms with Gasteiger partial charge in [0.1, 0.15) is 0 Å². The van der Waals surface area contributed by atoms with E-state index >= 15 is 0 Å². The molecule has 0 unspecified atom stereocenters. The van der Waals surface area contributed by atoms with Crippen LogP contribution in [0.15, 0.2) is 24.3 Å². The molecule has 0 aliphatic carbocycles. The molecule has 1 nitrogen and oxygen atoms in total. The molecule has 0 atom stereocenters. The molecule has 1 aromatic carbocycles. The quantitative estimate of drug-likeness (QED) is 0.566. The normalized spacial score (nSPS) is 12.1. The fraction of sp³-hybridized carbons (Fsp3) is 0.455. The molecule has 0 heterocycles. The standard InChI is InChI=1S/C11H18ClNSi/c1-13(2)9-10-7-5-6-8-11(10)14(3,4)12/h5-8H,9H2,1-4H3. The Morgan fingerprint density at radius 1 is 1.21 bits per heavy atom. The van der Waals surface area contributed by atoms with Crippen LogP contribution in [-0.2, 0) is 6.54 Å². The molecule has 0 bridgehead atoms. The summed E-state index contributed by atoms with van der Waals surface area (Å²) in [5, 5.41) is 1.36. The predicted molar refractivity (Wildman–Crippen MR) is 66.8 cm³/mol. The van der Waals surface area contributed by atoms with Crippen molar-refractivity contribution < 1.29 is 0 Å². The van der Waals surface area contributed by atoms with Crippen LogP contribution in [0.5, 0.6) is 0 Å². The second-order valence-electron chi connectivity index (χ2n) is 4.37. The molecule has 0 fully saturated rings. The lowest BCUT2D eigenvalue weighted by Crippen LogP contribution is -2.38. The highest BCUT2D eigenvalue weighted by Crippen LogP contribution is 2.12. The Morgan fingerprint density at radius 2 is 1.79 bits per heavy atom. The molecule has 1 rings (SSSR count). The highest BCUT2D eigenvalue weighted by molar-refractivity contribution is 7.26. The summed E-state index contributed by atoms with van der Waals surface area (Å²) in [6, 6.07) is 8.50. The van der Waals surface area contributed by atoms with Crippen LogP contribution in [-0.4, -0.2) is 26.4 Å². The summed E-state index contributed by atoms with van der Waals surface area (Å²) in [5.41, 5.74) is 1.36. The number of nitrogens with zero attached hydrogens (tertiary/aromatic N) is 1. The molecule has 0 aliphatic rings. The fourth-order valence-electron chi connectivity index (χ4n) is 1.58. The Morgan fingerprint density at radius 3 is 2.29 bits per heavy atom. The average Bonchev–Trinajstić information content (AvgIpc) is 2.01. The van der Waals surface area contributed by atoms with E-state index in [1.807, 2.05) is 0 Å². The zero-order valence-electron chi connectivity index (χ0n) is 9.34. The maximum absolute atomic E-state index is 6.47. The largest absolute Gasteiger partial charge is 0.305 e. The van der Waals surface area contributed by atoms with Crippen LogP contribution in [0.25, 0.3) is 0 Å². The first-order valence-corrected chi connectivity index (χ1v) is 8.84. The minimum absolute atomic E-state index is 0.972. The van der Waals surface area contributed by atoms with Gasteiger partial charge in [0.05, 0.1) is 0 Å². The van der Waals surface area contributed by atoms with E-state index in [1.165, 1.54) is 10.8 Å². The van der Waals surface area contributed by atoms with Crippen molar-refractivity contribution in [3.8, 4) is 0 Å². The Balaban J connectivity index is 3.04. The van der Waals surface area contributed by atoms with E-state index in [-0.39, 0.29) is 0 Å². The van der Waals surface area contributed by atoms with Crippen molar-refractivity contribution in [2.75, 3.05) is 14.1 Å². The van der Waals surface area contributed by atoms with Crippen molar-refractivity contribution >= 4 is 23.6 Å². The monoisotopic (exact) mass is 227 g/mol. The van der Waals surface area contributed by atoms with Gasteiger partial charge in [0.2, 0.25) is 0 Å². The minimum atomic E-state index is -1.70. The lowest BCUT2D eigenvalue weighted by atomic mass is 10.2. The maximum Gasteiger partial charge on any atom is 0.181 e. The van der Waals surface area contributed by atoms with Crippen LogP contribution < -0.4 is 5.19 Å². The number of rotatable bonds is 3. The molecular formula is C11H18ClNSi. The SMILES string of the molecule is CN(C)Cc1ccccc1[Si](C)(C)Cl. The van der Waals surface area contributed by atoms with Crippen LogP contribution in [0.2, 0.25) is 13.1 Å². The summed E-state index contributed by atoms with van der Waals surface area (Å²) in [5.74, 6) is 0. The summed E-state index contributed by atoms with van der Waals surface area (Å²) >= 11 is 6.47. The van der Waals surface area contributed by atoms with Crippen LogP contribution in [0, 0.1) is 0 Å². The van der Waals surface area contributed by atoms with Gasteiger partial charge in [-0.25, -0.2) is 0 Å². The van der Waals surface area contributed by atoms with Gasteiger partial charge < -0.3 is 4.90 Å². The molecule has 0 radical (unpaired) electrons. The van der Waals surface area contributed by atoms with Gasteiger partial charge in [0, 0.05) is 6.54 Å². The van der Waals surface area contributed by atoms with Gasteiger partial charge in [-0.3, -0.25) is 0 Å². The summed E-state index contributed by atoms with van der Waals surface area (Å²) in [6.07, 6.45) is 0. The molecular weight excluding hydrogens is 210 g/mol. The molecule has 0 saturated heterocycles. The topological polar surface area (TPSA) is 3.24 Å². The van der Waals surface area contributed by atoms with Crippen molar-refractivity contribution in [3.05, 3.63) is 29.8 Å². The molecule has 14 heavy (non-hydrogen) atoms. The molecule has 0 spiro atoms. The number of hydrogen-bond acceptors (Lipinski definition) is 1. The van der Waals surface area contributed by atoms with Crippen LogP contribution in [0.3, 0.4) is 0 Å². The Hall–Kier alpha value is -0.313. The van der Waals surface area contributed by atoms with Crippen molar-refractivity contribution in [3.63, 3.8) is 0 Å². The zero-order valence-corrected chi connectivity index (χ0v) is 11.1. The third-order valence-electron chi connectivity index (χ3n) is 2.14. The van der Waals surface area contributed by atoms with Gasteiger partial charge in [-0.05, 0) is 24.8 Å². The first-order chi connectivity index (χ1) is 6.41. The summed E-state index contributed by atoms with van der Waals surface area (Å²) in [6.45, 7) is 5.31. The van der Waals surface area contributed by atoms with E-state index in [0.717, 1.165) is 6.54 Å². The van der Waals surface area contributed by atoms with Crippen molar-refractivity contribution in [1.29, 1.82) is 0 Å². The second-order valence-corrected chi connectivity index (χ2v) is 10.7. The lowest BCUT2D eigenvalue weighted by Gasteiger charge is -2.20. The first kappa shape index (κ1) is 11.8. The molecule has 0 amide bonds. The van der Waals surface area contributed by atoms with Gasteiger partial charge in [0.25, 0.3) is 0 Å². The van der Waals surface area contributed by atoms with Crippen LogP contribution in [0.1, 0.15) is 5.56 Å². The maximum atomic E-state index is 6.47. The highest BCUT2D eigenvalue weighted by atomic mass is 35.6. The van der Waals surface area contributed by atoms with E-state index in [0.29, 0.717) is 0 Å². The Kier molecular flexibility index (Phi) is 3.76. The molecule has 0 aliphatic heterocycles. The summed E-state index contributed by atoms with van der Waals surface area (Å²) < 4.78 is 0. The average molecular weight is 228 g/mol. The van der Waals surface area contributed by atoms with E-state index in [4.69, 9.17) is 11.1 Å². The number of hydrogen-bond donors (Lipinski definition) is 0. The number of halogens is 1. The third kappa shape index (κ3) is 3.12. The number of benzene rings is 1. The Bertz CT molecular complexity index is 304. The zero-order chi connectivity index (χ0) is 10.8. The van der Waals surface area contributed by atoms with Crippen molar-refractivity contribution in [1.82, 2.24) is 4.90 Å². The predicted octanol–water partition coefficient (Wildman–Crippen LogP) is 2.40. The van der Waals surface area contributed by atoms with Crippen molar-refractivity contribution in [2.45, 2.75) is 19.6 Å².